The average molecular weight is 396 g/mol. The zero-order chi connectivity index (χ0) is 20.1. The summed E-state index contributed by atoms with van der Waals surface area (Å²) in [6.07, 6.45) is 4.89. The van der Waals surface area contributed by atoms with Gasteiger partial charge in [-0.05, 0) is 79.1 Å². The predicted octanol–water partition coefficient (Wildman–Crippen LogP) is 6.53. The van der Waals surface area contributed by atoms with E-state index < -0.39 is 0 Å². The van der Waals surface area contributed by atoms with Gasteiger partial charge in [0.05, 0.1) is 6.04 Å². The third-order valence-corrected chi connectivity index (χ3v) is 6.69. The van der Waals surface area contributed by atoms with Crippen molar-refractivity contribution in [1.82, 2.24) is 4.57 Å². The van der Waals surface area contributed by atoms with E-state index in [0.717, 1.165) is 11.5 Å². The highest BCUT2D eigenvalue weighted by atomic mass is 16.7. The number of aryl methyl sites for hydroxylation is 1. The molecular weight excluding hydrogens is 370 g/mol. The van der Waals surface area contributed by atoms with E-state index in [2.05, 4.69) is 72.2 Å². The summed E-state index contributed by atoms with van der Waals surface area (Å²) in [6, 6.07) is 24.4. The fourth-order valence-corrected chi connectivity index (χ4v) is 5.16. The van der Waals surface area contributed by atoms with E-state index in [-0.39, 0.29) is 0 Å². The maximum absolute atomic E-state index is 5.60. The molecule has 2 aliphatic rings. The SMILES string of the molecule is C[C@H](c1ccccc1)n1c2c(c3cc(-c4ccc5c(c4)OCO5)ccc31)CCCC2. The maximum atomic E-state index is 5.60. The third-order valence-electron chi connectivity index (χ3n) is 6.69. The van der Waals surface area contributed by atoms with Gasteiger partial charge in [0, 0.05) is 16.6 Å². The molecule has 1 atom stereocenters. The summed E-state index contributed by atoms with van der Waals surface area (Å²) in [5.41, 5.74) is 8.19. The molecule has 4 aromatic rings. The number of fused-ring (bicyclic) bond motifs is 4. The quantitative estimate of drug-likeness (QED) is 0.394. The van der Waals surface area contributed by atoms with Crippen LogP contribution in [0.4, 0.5) is 0 Å². The van der Waals surface area contributed by atoms with E-state index in [1.54, 1.807) is 5.56 Å². The van der Waals surface area contributed by atoms with Crippen molar-refractivity contribution in [2.75, 3.05) is 6.79 Å². The van der Waals surface area contributed by atoms with Gasteiger partial charge in [-0.15, -0.1) is 0 Å². The summed E-state index contributed by atoms with van der Waals surface area (Å²) in [4.78, 5) is 0. The van der Waals surface area contributed by atoms with Crippen LogP contribution in [-0.2, 0) is 12.8 Å². The second-order valence-corrected chi connectivity index (χ2v) is 8.39. The number of ether oxygens (including phenoxy) is 2. The summed E-state index contributed by atoms with van der Waals surface area (Å²) in [7, 11) is 0. The minimum atomic E-state index is 0.311. The van der Waals surface area contributed by atoms with Crippen LogP contribution in [0, 0.1) is 0 Å². The lowest BCUT2D eigenvalue weighted by Gasteiger charge is -2.22. The highest BCUT2D eigenvalue weighted by Gasteiger charge is 2.24. The molecule has 2 heterocycles. The summed E-state index contributed by atoms with van der Waals surface area (Å²) in [6.45, 7) is 2.64. The van der Waals surface area contributed by atoms with E-state index >= 15 is 0 Å². The Morgan fingerprint density at radius 1 is 0.800 bits per heavy atom. The molecule has 1 aliphatic carbocycles. The average Bonchev–Trinajstić information content (AvgIpc) is 3.40. The standard InChI is InChI=1S/C27H25NO2/c1-18(19-7-3-2-4-8-19)28-24-10-6-5-9-22(24)23-15-20(11-13-25(23)28)21-12-14-26-27(16-21)30-17-29-26/h2-4,7-8,11-16,18H,5-6,9-10,17H2,1H3/t18-/m1/s1. The lowest BCUT2D eigenvalue weighted by Crippen LogP contribution is -2.13. The van der Waals surface area contributed by atoms with Crippen molar-refractivity contribution >= 4 is 10.9 Å². The normalized spacial score (nSPS) is 15.9. The second-order valence-electron chi connectivity index (χ2n) is 8.39. The van der Waals surface area contributed by atoms with Gasteiger partial charge < -0.3 is 14.0 Å². The first kappa shape index (κ1) is 17.6. The molecule has 3 nitrogen and oxygen atoms in total. The van der Waals surface area contributed by atoms with Crippen LogP contribution in [0.3, 0.4) is 0 Å². The Morgan fingerprint density at radius 3 is 2.47 bits per heavy atom. The maximum Gasteiger partial charge on any atom is 0.231 e. The van der Waals surface area contributed by atoms with Crippen molar-refractivity contribution in [2.45, 2.75) is 38.6 Å². The number of nitrogens with zero attached hydrogens (tertiary/aromatic N) is 1. The molecule has 0 spiro atoms. The van der Waals surface area contributed by atoms with Gasteiger partial charge in [0.25, 0.3) is 0 Å². The first-order chi connectivity index (χ1) is 14.8. The summed E-state index contributed by atoms with van der Waals surface area (Å²) in [5.74, 6) is 1.67. The Kier molecular flexibility index (Phi) is 4.08. The van der Waals surface area contributed by atoms with Gasteiger partial charge in [-0.3, -0.25) is 0 Å². The lowest BCUT2D eigenvalue weighted by atomic mass is 9.94. The Morgan fingerprint density at radius 2 is 1.57 bits per heavy atom. The molecule has 6 rings (SSSR count). The molecule has 150 valence electrons. The molecular formula is C27H25NO2. The zero-order valence-electron chi connectivity index (χ0n) is 17.2. The molecule has 0 saturated heterocycles. The smallest absolute Gasteiger partial charge is 0.231 e. The van der Waals surface area contributed by atoms with Crippen molar-refractivity contribution in [1.29, 1.82) is 0 Å². The molecule has 0 bridgehead atoms. The topological polar surface area (TPSA) is 23.4 Å². The molecule has 0 unspecified atom stereocenters. The number of hydrogen-bond donors (Lipinski definition) is 0. The van der Waals surface area contributed by atoms with Crippen molar-refractivity contribution in [3.63, 3.8) is 0 Å². The van der Waals surface area contributed by atoms with Gasteiger partial charge in [0.2, 0.25) is 6.79 Å². The van der Waals surface area contributed by atoms with E-state index in [9.17, 15) is 0 Å². The largest absolute Gasteiger partial charge is 0.454 e. The van der Waals surface area contributed by atoms with Crippen LogP contribution < -0.4 is 9.47 Å². The molecule has 0 fully saturated rings. The fourth-order valence-electron chi connectivity index (χ4n) is 5.16. The monoisotopic (exact) mass is 395 g/mol. The van der Waals surface area contributed by atoms with Crippen LogP contribution in [-0.4, -0.2) is 11.4 Å². The molecule has 1 aromatic heterocycles. The Labute approximate surface area is 176 Å². The van der Waals surface area contributed by atoms with E-state index in [1.165, 1.54) is 59.0 Å². The van der Waals surface area contributed by atoms with Crippen LogP contribution in [0.5, 0.6) is 11.5 Å². The Bertz CT molecular complexity index is 1240. The minimum absolute atomic E-state index is 0.311. The van der Waals surface area contributed by atoms with Crippen molar-refractivity contribution in [3.05, 3.63) is 83.6 Å². The second kappa shape index (κ2) is 6.94. The highest BCUT2D eigenvalue weighted by Crippen LogP contribution is 2.40. The summed E-state index contributed by atoms with van der Waals surface area (Å²) in [5, 5.41) is 1.41. The summed E-state index contributed by atoms with van der Waals surface area (Å²) < 4.78 is 13.7. The van der Waals surface area contributed by atoms with Crippen LogP contribution >= 0.6 is 0 Å². The lowest BCUT2D eigenvalue weighted by molar-refractivity contribution is 0.174. The zero-order valence-corrected chi connectivity index (χ0v) is 17.2. The van der Waals surface area contributed by atoms with Crippen molar-refractivity contribution in [3.8, 4) is 22.6 Å². The molecule has 0 saturated carbocycles. The number of hydrogen-bond acceptors (Lipinski definition) is 2. The Balaban J connectivity index is 1.51. The molecule has 3 aromatic carbocycles. The van der Waals surface area contributed by atoms with E-state index in [1.807, 2.05) is 6.07 Å². The van der Waals surface area contributed by atoms with Gasteiger partial charge in [-0.1, -0.05) is 42.5 Å². The van der Waals surface area contributed by atoms with Gasteiger partial charge in [0.1, 0.15) is 0 Å². The molecule has 30 heavy (non-hydrogen) atoms. The van der Waals surface area contributed by atoms with Crippen LogP contribution in [0.25, 0.3) is 22.0 Å². The molecule has 0 amide bonds. The van der Waals surface area contributed by atoms with Crippen LogP contribution in [0.15, 0.2) is 66.7 Å². The number of aromatic nitrogens is 1. The number of rotatable bonds is 3. The first-order valence-electron chi connectivity index (χ1n) is 10.9. The molecule has 3 heteroatoms. The van der Waals surface area contributed by atoms with Gasteiger partial charge >= 0.3 is 0 Å². The predicted molar refractivity (Wildman–Crippen MR) is 120 cm³/mol. The van der Waals surface area contributed by atoms with Gasteiger partial charge in [-0.25, -0.2) is 0 Å². The van der Waals surface area contributed by atoms with Gasteiger partial charge in [0.15, 0.2) is 11.5 Å². The van der Waals surface area contributed by atoms with Crippen molar-refractivity contribution in [2.24, 2.45) is 0 Å². The highest BCUT2D eigenvalue weighted by molar-refractivity contribution is 5.90. The fraction of sp³-hybridized carbons (Fsp3) is 0.259. The van der Waals surface area contributed by atoms with Gasteiger partial charge in [-0.2, -0.15) is 0 Å². The molecule has 0 radical (unpaired) electrons. The van der Waals surface area contributed by atoms with Crippen LogP contribution in [0.1, 0.15) is 42.6 Å². The number of benzene rings is 3. The van der Waals surface area contributed by atoms with Crippen LogP contribution in [0.2, 0.25) is 0 Å². The third kappa shape index (κ3) is 2.72. The molecule has 0 N–H and O–H groups in total. The first-order valence-corrected chi connectivity index (χ1v) is 10.9. The van der Waals surface area contributed by atoms with E-state index in [0.29, 0.717) is 12.8 Å². The minimum Gasteiger partial charge on any atom is -0.454 e. The van der Waals surface area contributed by atoms with E-state index in [4.69, 9.17) is 9.47 Å². The Hall–Kier alpha value is -3.20. The summed E-state index contributed by atoms with van der Waals surface area (Å²) >= 11 is 0. The van der Waals surface area contributed by atoms with Crippen molar-refractivity contribution < 1.29 is 9.47 Å². The molecule has 1 aliphatic heterocycles.